The van der Waals surface area contributed by atoms with E-state index in [0.717, 1.165) is 11.4 Å². The minimum atomic E-state index is 0.282. The van der Waals surface area contributed by atoms with Gasteiger partial charge in [0, 0.05) is 0 Å². The average Bonchev–Trinajstić information content (AvgIpc) is 2.45. The molecule has 0 saturated heterocycles. The summed E-state index contributed by atoms with van der Waals surface area (Å²) < 4.78 is 1.83. The summed E-state index contributed by atoms with van der Waals surface area (Å²) in [4.78, 5) is 0. The van der Waals surface area contributed by atoms with Crippen LogP contribution in [0.2, 0.25) is 0 Å². The van der Waals surface area contributed by atoms with Gasteiger partial charge in [-0.05, 0) is 45.7 Å². The molecule has 0 saturated carbocycles. The van der Waals surface area contributed by atoms with E-state index in [2.05, 4.69) is 38.0 Å². The molecule has 0 radical (unpaired) electrons. The third kappa shape index (κ3) is 1.82. The molecule has 0 aliphatic rings. The lowest BCUT2D eigenvalue weighted by Gasteiger charge is -2.12. The lowest BCUT2D eigenvalue weighted by molar-refractivity contribution is 0.466. The minimum absolute atomic E-state index is 0.282. The summed E-state index contributed by atoms with van der Waals surface area (Å²) in [6.45, 7) is 9.93. The van der Waals surface area contributed by atoms with Crippen LogP contribution in [0.15, 0.2) is 12.1 Å². The van der Waals surface area contributed by atoms with E-state index in [1.165, 1.54) is 16.7 Å². The first kappa shape index (κ1) is 11.7. The maximum Gasteiger partial charge on any atom is 0.159 e. The number of hydrogen-bond acceptors (Lipinski definition) is 2. The summed E-state index contributed by atoms with van der Waals surface area (Å²) in [6, 6.07) is 4.27. The van der Waals surface area contributed by atoms with Crippen molar-refractivity contribution in [2.24, 2.45) is 0 Å². The maximum absolute atomic E-state index is 9.84. The summed E-state index contributed by atoms with van der Waals surface area (Å²) >= 11 is 0. The normalized spacial score (nSPS) is 10.9. The van der Waals surface area contributed by atoms with E-state index >= 15 is 0 Å². The predicted molar refractivity (Wildman–Crippen MR) is 68.9 cm³/mol. The van der Waals surface area contributed by atoms with Crippen LogP contribution in [0.3, 0.4) is 0 Å². The zero-order chi connectivity index (χ0) is 12.7. The summed E-state index contributed by atoms with van der Waals surface area (Å²) in [6.07, 6.45) is 0. The first-order valence-corrected chi connectivity index (χ1v) is 5.75. The fourth-order valence-electron chi connectivity index (χ4n) is 2.36. The first-order valence-electron chi connectivity index (χ1n) is 5.75. The standard InChI is InChI=1S/C14H18N2O/c1-8-6-9(2)13(10(3)7-8)16-12(5)14(17)11(4)15-16/h6-7,17H,1-5H3. The van der Waals surface area contributed by atoms with Gasteiger partial charge >= 0.3 is 0 Å². The van der Waals surface area contributed by atoms with Crippen molar-refractivity contribution in [3.63, 3.8) is 0 Å². The Morgan fingerprint density at radius 3 is 1.94 bits per heavy atom. The third-order valence-corrected chi connectivity index (χ3v) is 3.10. The Labute approximate surface area is 102 Å². The van der Waals surface area contributed by atoms with Gasteiger partial charge in [-0.3, -0.25) is 0 Å². The van der Waals surface area contributed by atoms with Crippen LogP contribution < -0.4 is 0 Å². The van der Waals surface area contributed by atoms with Crippen molar-refractivity contribution in [1.29, 1.82) is 0 Å². The van der Waals surface area contributed by atoms with Gasteiger partial charge in [0.2, 0.25) is 0 Å². The molecule has 0 aliphatic heterocycles. The van der Waals surface area contributed by atoms with E-state index in [-0.39, 0.29) is 5.75 Å². The number of rotatable bonds is 1. The van der Waals surface area contributed by atoms with Gasteiger partial charge in [-0.2, -0.15) is 5.10 Å². The predicted octanol–water partition coefficient (Wildman–Crippen LogP) is 3.12. The molecule has 1 aromatic heterocycles. The van der Waals surface area contributed by atoms with Gasteiger partial charge < -0.3 is 5.11 Å². The molecule has 1 heterocycles. The number of hydrogen-bond donors (Lipinski definition) is 1. The number of aromatic hydroxyl groups is 1. The van der Waals surface area contributed by atoms with Crippen LogP contribution >= 0.6 is 0 Å². The molecule has 0 atom stereocenters. The van der Waals surface area contributed by atoms with Crippen LogP contribution in [0.25, 0.3) is 5.69 Å². The summed E-state index contributed by atoms with van der Waals surface area (Å²) in [5, 5.41) is 14.2. The van der Waals surface area contributed by atoms with E-state index in [4.69, 9.17) is 0 Å². The zero-order valence-electron chi connectivity index (χ0n) is 11.0. The highest BCUT2D eigenvalue weighted by Crippen LogP contribution is 2.27. The van der Waals surface area contributed by atoms with Gasteiger partial charge in [-0.1, -0.05) is 17.7 Å². The maximum atomic E-state index is 9.84. The number of nitrogens with zero attached hydrogens (tertiary/aromatic N) is 2. The van der Waals surface area contributed by atoms with Crippen LogP contribution in [0, 0.1) is 34.6 Å². The minimum Gasteiger partial charge on any atom is -0.504 e. The van der Waals surface area contributed by atoms with Crippen LogP contribution in [0.1, 0.15) is 28.1 Å². The Kier molecular flexibility index (Phi) is 2.69. The van der Waals surface area contributed by atoms with Crippen LogP contribution in [0.5, 0.6) is 5.75 Å². The molecule has 2 aromatic rings. The van der Waals surface area contributed by atoms with Crippen molar-refractivity contribution >= 4 is 0 Å². The molecule has 3 nitrogen and oxygen atoms in total. The molecule has 1 N–H and O–H groups in total. The SMILES string of the molecule is Cc1cc(C)c(-n2nc(C)c(O)c2C)c(C)c1. The molecule has 0 spiro atoms. The van der Waals surface area contributed by atoms with E-state index in [0.29, 0.717) is 5.69 Å². The second-order valence-electron chi connectivity index (χ2n) is 4.68. The second kappa shape index (κ2) is 3.91. The molecule has 0 aliphatic carbocycles. The number of aryl methyl sites for hydroxylation is 4. The van der Waals surface area contributed by atoms with Crippen molar-refractivity contribution in [3.05, 3.63) is 40.2 Å². The topological polar surface area (TPSA) is 38.0 Å². The molecular formula is C14H18N2O. The van der Waals surface area contributed by atoms with Gasteiger partial charge in [0.1, 0.15) is 5.69 Å². The van der Waals surface area contributed by atoms with Crippen LogP contribution in [-0.4, -0.2) is 14.9 Å². The Morgan fingerprint density at radius 2 is 1.53 bits per heavy atom. The fraction of sp³-hybridized carbons (Fsp3) is 0.357. The smallest absolute Gasteiger partial charge is 0.159 e. The first-order chi connectivity index (χ1) is 7.91. The zero-order valence-corrected chi connectivity index (χ0v) is 11.0. The molecule has 0 fully saturated rings. The van der Waals surface area contributed by atoms with E-state index < -0.39 is 0 Å². The molecule has 2 rings (SSSR count). The molecule has 17 heavy (non-hydrogen) atoms. The molecule has 1 aromatic carbocycles. The molecule has 0 bridgehead atoms. The monoisotopic (exact) mass is 230 g/mol. The molecule has 0 unspecified atom stereocenters. The lowest BCUT2D eigenvalue weighted by Crippen LogP contribution is -2.04. The number of benzene rings is 1. The fourth-order valence-corrected chi connectivity index (χ4v) is 2.36. The lowest BCUT2D eigenvalue weighted by atomic mass is 10.1. The summed E-state index contributed by atoms with van der Waals surface area (Å²) in [5.74, 6) is 0.282. The van der Waals surface area contributed by atoms with Crippen LogP contribution in [-0.2, 0) is 0 Å². The Balaban J connectivity index is 2.73. The average molecular weight is 230 g/mol. The summed E-state index contributed by atoms with van der Waals surface area (Å²) in [7, 11) is 0. The highest BCUT2D eigenvalue weighted by molar-refractivity contribution is 5.51. The van der Waals surface area contributed by atoms with Gasteiger partial charge in [0.05, 0.1) is 11.4 Å². The van der Waals surface area contributed by atoms with E-state index in [1.807, 2.05) is 18.5 Å². The highest BCUT2D eigenvalue weighted by Gasteiger charge is 2.14. The van der Waals surface area contributed by atoms with Gasteiger partial charge in [0.15, 0.2) is 5.75 Å². The highest BCUT2D eigenvalue weighted by atomic mass is 16.3. The summed E-state index contributed by atoms with van der Waals surface area (Å²) in [5.41, 5.74) is 6.12. The van der Waals surface area contributed by atoms with E-state index in [1.54, 1.807) is 0 Å². The Hall–Kier alpha value is -1.77. The number of aromatic nitrogens is 2. The van der Waals surface area contributed by atoms with Crippen molar-refractivity contribution in [2.45, 2.75) is 34.6 Å². The molecule has 3 heteroatoms. The van der Waals surface area contributed by atoms with Gasteiger partial charge in [-0.25, -0.2) is 4.68 Å². The van der Waals surface area contributed by atoms with Gasteiger partial charge in [0.25, 0.3) is 0 Å². The van der Waals surface area contributed by atoms with Crippen molar-refractivity contribution in [3.8, 4) is 11.4 Å². The molecule has 90 valence electrons. The Bertz CT molecular complexity index is 559. The van der Waals surface area contributed by atoms with Gasteiger partial charge in [-0.15, -0.1) is 0 Å². The molecular weight excluding hydrogens is 212 g/mol. The Morgan fingerprint density at radius 1 is 1.00 bits per heavy atom. The van der Waals surface area contributed by atoms with Crippen LogP contribution in [0.4, 0.5) is 0 Å². The van der Waals surface area contributed by atoms with Crippen molar-refractivity contribution < 1.29 is 5.11 Å². The largest absolute Gasteiger partial charge is 0.504 e. The third-order valence-electron chi connectivity index (χ3n) is 3.10. The van der Waals surface area contributed by atoms with Crippen molar-refractivity contribution in [2.75, 3.05) is 0 Å². The van der Waals surface area contributed by atoms with Crippen molar-refractivity contribution in [1.82, 2.24) is 9.78 Å². The molecule has 0 amide bonds. The quantitative estimate of drug-likeness (QED) is 0.817. The second-order valence-corrected chi connectivity index (χ2v) is 4.68. The van der Waals surface area contributed by atoms with E-state index in [9.17, 15) is 5.11 Å².